The Kier molecular flexibility index (Phi) is 6.49. The van der Waals surface area contributed by atoms with Crippen LogP contribution in [0, 0.1) is 20.2 Å². The molecule has 164 valence electrons. The summed E-state index contributed by atoms with van der Waals surface area (Å²) in [6.45, 7) is 0. The van der Waals surface area contributed by atoms with Crippen LogP contribution in [-0.2, 0) is 14.4 Å². The molecule has 31 heavy (non-hydrogen) atoms. The van der Waals surface area contributed by atoms with E-state index in [9.17, 15) is 28.6 Å². The summed E-state index contributed by atoms with van der Waals surface area (Å²) in [6, 6.07) is 8.96. The molecule has 0 unspecified atom stereocenters. The third-order valence-electron chi connectivity index (χ3n) is 4.98. The van der Waals surface area contributed by atoms with E-state index in [0.717, 1.165) is 12.5 Å². The van der Waals surface area contributed by atoms with Crippen molar-refractivity contribution >= 4 is 27.2 Å². The zero-order valence-electron chi connectivity index (χ0n) is 16.5. The minimum Gasteiger partial charge on any atom is -0.497 e. The number of benzene rings is 2. The monoisotopic (exact) mass is 449 g/mol. The molecular weight excluding hydrogens is 430 g/mol. The zero-order chi connectivity index (χ0) is 22.6. The van der Waals surface area contributed by atoms with Gasteiger partial charge < -0.3 is 4.74 Å². The van der Waals surface area contributed by atoms with E-state index in [1.165, 1.54) is 43.5 Å². The first-order chi connectivity index (χ1) is 14.7. The number of nitro benzene ring substituents is 2. The predicted molar refractivity (Wildman–Crippen MR) is 110 cm³/mol. The Morgan fingerprint density at radius 1 is 1.03 bits per heavy atom. The lowest BCUT2D eigenvalue weighted by Crippen LogP contribution is -2.20. The van der Waals surface area contributed by atoms with Crippen molar-refractivity contribution in [2.45, 2.75) is 36.5 Å². The first kappa shape index (κ1) is 22.2. The molecule has 1 aliphatic rings. The van der Waals surface area contributed by atoms with Gasteiger partial charge in [-0.3, -0.25) is 24.5 Å². The van der Waals surface area contributed by atoms with Gasteiger partial charge in [-0.25, -0.2) is 0 Å². The Morgan fingerprint density at radius 3 is 2.35 bits per heavy atom. The van der Waals surface area contributed by atoms with Crippen LogP contribution >= 0.6 is 0 Å². The van der Waals surface area contributed by atoms with Gasteiger partial charge in [0.15, 0.2) is 0 Å². The topological polar surface area (TPSA) is 151 Å². The van der Waals surface area contributed by atoms with Crippen LogP contribution in [0.1, 0.15) is 37.2 Å². The Morgan fingerprint density at radius 2 is 1.74 bits per heavy atom. The minimum atomic E-state index is -4.20. The van der Waals surface area contributed by atoms with Crippen molar-refractivity contribution in [3.8, 4) is 5.75 Å². The maximum absolute atomic E-state index is 12.5. The molecule has 3 rings (SSSR count). The summed E-state index contributed by atoms with van der Waals surface area (Å²) < 4.78 is 34.8. The van der Waals surface area contributed by atoms with Gasteiger partial charge in [-0.2, -0.15) is 8.42 Å². The molecular formula is C19H19N3O8S. The summed E-state index contributed by atoms with van der Waals surface area (Å²) in [6.07, 6.45) is 2.31. The molecule has 1 saturated carbocycles. The van der Waals surface area contributed by atoms with Crippen LogP contribution in [0.4, 0.5) is 11.4 Å². The van der Waals surface area contributed by atoms with Crippen LogP contribution in [0.3, 0.4) is 0 Å². The molecule has 0 aliphatic heterocycles. The molecule has 0 bridgehead atoms. The molecule has 1 aliphatic carbocycles. The summed E-state index contributed by atoms with van der Waals surface area (Å²) in [7, 11) is -2.75. The van der Waals surface area contributed by atoms with Crippen LogP contribution in [-0.4, -0.2) is 31.1 Å². The van der Waals surface area contributed by atoms with Gasteiger partial charge in [0.1, 0.15) is 10.6 Å². The maximum atomic E-state index is 12.5. The molecule has 0 spiro atoms. The molecule has 0 radical (unpaired) electrons. The fourth-order valence-electron chi connectivity index (χ4n) is 3.42. The Bertz CT molecular complexity index is 1130. The molecule has 12 heteroatoms. The molecule has 0 heterocycles. The molecule has 1 atom stereocenters. The van der Waals surface area contributed by atoms with E-state index in [1.807, 2.05) is 0 Å². The van der Waals surface area contributed by atoms with Crippen LogP contribution in [0.2, 0.25) is 0 Å². The van der Waals surface area contributed by atoms with Gasteiger partial charge in [0.2, 0.25) is 0 Å². The highest BCUT2D eigenvalue weighted by Gasteiger charge is 2.31. The van der Waals surface area contributed by atoms with Gasteiger partial charge in [0.05, 0.1) is 28.7 Å². The van der Waals surface area contributed by atoms with Crippen molar-refractivity contribution in [3.63, 3.8) is 0 Å². The minimum absolute atomic E-state index is 0.119. The highest BCUT2D eigenvalue weighted by atomic mass is 32.2. The largest absolute Gasteiger partial charge is 0.497 e. The third kappa shape index (κ3) is 4.97. The normalized spacial score (nSPS) is 17.8. The molecule has 0 amide bonds. The van der Waals surface area contributed by atoms with E-state index in [0.29, 0.717) is 30.7 Å². The fraction of sp³-hybridized carbons (Fsp3) is 0.316. The van der Waals surface area contributed by atoms with E-state index in [2.05, 4.69) is 5.16 Å². The molecule has 0 aromatic heterocycles. The number of ether oxygens (including phenoxy) is 1. The number of nitrogens with zero attached hydrogens (tertiary/aromatic N) is 3. The average molecular weight is 449 g/mol. The van der Waals surface area contributed by atoms with Crippen LogP contribution in [0.15, 0.2) is 52.5 Å². The van der Waals surface area contributed by atoms with E-state index >= 15 is 0 Å². The van der Waals surface area contributed by atoms with Crippen LogP contribution in [0.5, 0.6) is 5.75 Å². The van der Waals surface area contributed by atoms with Gasteiger partial charge in [-0.05, 0) is 49.6 Å². The van der Waals surface area contributed by atoms with Crippen molar-refractivity contribution in [2.24, 2.45) is 5.16 Å². The first-order valence-electron chi connectivity index (χ1n) is 9.30. The first-order valence-corrected chi connectivity index (χ1v) is 10.7. The van der Waals surface area contributed by atoms with Crippen LogP contribution < -0.4 is 4.74 Å². The quantitative estimate of drug-likeness (QED) is 0.455. The van der Waals surface area contributed by atoms with Gasteiger partial charge in [-0.1, -0.05) is 11.6 Å². The molecule has 2 aromatic carbocycles. The zero-order valence-corrected chi connectivity index (χ0v) is 17.3. The van der Waals surface area contributed by atoms with E-state index < -0.39 is 37.3 Å². The molecule has 1 fully saturated rings. The van der Waals surface area contributed by atoms with Gasteiger partial charge in [-0.15, -0.1) is 0 Å². The van der Waals surface area contributed by atoms with E-state index in [4.69, 9.17) is 9.02 Å². The van der Waals surface area contributed by atoms with Gasteiger partial charge in [0.25, 0.3) is 11.4 Å². The second-order valence-corrected chi connectivity index (χ2v) is 8.37. The standard InChI is InChI=1S/C19H19N3O8S/c1-29-14-7-9-15(10-8-14)31(27,28)30-20-18-5-3-2-4-16(18)17-11-6-13(21(23)24)12-19(17)22(25)26/h6-12,16H,2-5H2,1H3/b20-18-/t16-/m1/s1. The molecule has 0 saturated heterocycles. The summed E-state index contributed by atoms with van der Waals surface area (Å²) in [4.78, 5) is 21.0. The number of methoxy groups -OCH3 is 1. The van der Waals surface area contributed by atoms with E-state index in [1.54, 1.807) is 0 Å². The summed E-state index contributed by atoms with van der Waals surface area (Å²) >= 11 is 0. The van der Waals surface area contributed by atoms with Crippen molar-refractivity contribution in [1.82, 2.24) is 0 Å². The number of nitro groups is 2. The Labute approximate surface area is 177 Å². The number of hydrogen-bond acceptors (Lipinski definition) is 9. The average Bonchev–Trinajstić information content (AvgIpc) is 2.77. The van der Waals surface area contributed by atoms with Crippen molar-refractivity contribution in [1.29, 1.82) is 0 Å². The van der Waals surface area contributed by atoms with Crippen LogP contribution in [0.25, 0.3) is 0 Å². The SMILES string of the molecule is COc1ccc(S(=O)(=O)O/N=C2/CCCC[C@@H]2c2ccc([N+](=O)[O-])cc2[N+](=O)[O-])cc1. The summed E-state index contributed by atoms with van der Waals surface area (Å²) in [5, 5.41) is 26.3. The highest BCUT2D eigenvalue weighted by molar-refractivity contribution is 7.86. The Hall–Kier alpha value is -3.54. The second kappa shape index (κ2) is 9.08. The molecule has 0 N–H and O–H groups in total. The lowest BCUT2D eigenvalue weighted by Gasteiger charge is -2.23. The summed E-state index contributed by atoms with van der Waals surface area (Å²) in [5.74, 6) is -0.107. The number of hydrogen-bond donors (Lipinski definition) is 0. The number of non-ortho nitro benzene ring substituents is 1. The second-order valence-electron chi connectivity index (χ2n) is 6.84. The number of rotatable bonds is 7. The predicted octanol–water partition coefficient (Wildman–Crippen LogP) is 3.93. The lowest BCUT2D eigenvalue weighted by atomic mass is 9.81. The third-order valence-corrected chi connectivity index (χ3v) is 6.10. The van der Waals surface area contributed by atoms with Crippen molar-refractivity contribution in [3.05, 3.63) is 68.3 Å². The summed E-state index contributed by atoms with van der Waals surface area (Å²) in [5.41, 5.74) is -0.241. The maximum Gasteiger partial charge on any atom is 0.358 e. The lowest BCUT2D eigenvalue weighted by molar-refractivity contribution is -0.394. The smallest absolute Gasteiger partial charge is 0.358 e. The van der Waals surface area contributed by atoms with Gasteiger partial charge in [0, 0.05) is 17.5 Å². The van der Waals surface area contributed by atoms with E-state index in [-0.39, 0.29) is 10.5 Å². The fourth-order valence-corrected chi connectivity index (χ4v) is 4.17. The highest BCUT2D eigenvalue weighted by Crippen LogP contribution is 2.38. The molecule has 2 aromatic rings. The van der Waals surface area contributed by atoms with Crippen molar-refractivity contribution < 1.29 is 27.3 Å². The molecule has 11 nitrogen and oxygen atoms in total. The van der Waals surface area contributed by atoms with Crippen molar-refractivity contribution in [2.75, 3.05) is 7.11 Å². The van der Waals surface area contributed by atoms with Gasteiger partial charge >= 0.3 is 10.1 Å². The Balaban J connectivity index is 1.92. The number of oxime groups is 1.